The lowest BCUT2D eigenvalue weighted by Crippen LogP contribution is -2.51. The van der Waals surface area contributed by atoms with Crippen LogP contribution in [0.25, 0.3) is 0 Å². The van der Waals surface area contributed by atoms with Gasteiger partial charge in [0.15, 0.2) is 0 Å². The number of aryl methyl sites for hydroxylation is 1. The molecule has 0 radical (unpaired) electrons. The number of thioether (sulfide) groups is 1. The number of nitrogens with zero attached hydrogens (tertiary/aromatic N) is 1. The van der Waals surface area contributed by atoms with Gasteiger partial charge in [0.2, 0.25) is 11.8 Å². The number of amides is 2. The van der Waals surface area contributed by atoms with Gasteiger partial charge in [0, 0.05) is 30.3 Å². The van der Waals surface area contributed by atoms with E-state index in [2.05, 4.69) is 11.4 Å². The molecule has 178 valence electrons. The number of nitrogens with one attached hydrogen (secondary N) is 1. The zero-order chi connectivity index (χ0) is 24.3. The molecule has 0 aliphatic heterocycles. The standard InChI is InChI=1S/C28H31ClN2O2S/c1-3-30-28(33)26(17-22-11-5-4-6-12-22)31(18-23-13-9-10-21(2)16-23)27(32)20-34-19-24-14-7-8-15-25(24)29/h4-16,26H,3,17-20H2,1-2H3,(H,30,33)/t26-/m1/s1. The maximum absolute atomic E-state index is 13.5. The number of likely N-dealkylation sites (N-methyl/N-ethyl adjacent to an activating group) is 1. The van der Waals surface area contributed by atoms with Gasteiger partial charge in [-0.05, 0) is 36.6 Å². The number of hydrogen-bond acceptors (Lipinski definition) is 3. The second kappa shape index (κ2) is 13.2. The first-order valence-electron chi connectivity index (χ1n) is 11.5. The van der Waals surface area contributed by atoms with Crippen molar-refractivity contribution in [2.45, 2.75) is 38.6 Å². The quantitative estimate of drug-likeness (QED) is 0.374. The average Bonchev–Trinajstić information content (AvgIpc) is 2.83. The summed E-state index contributed by atoms with van der Waals surface area (Å²) in [5.74, 6) is 0.699. The molecule has 6 heteroatoms. The summed E-state index contributed by atoms with van der Waals surface area (Å²) in [6.07, 6.45) is 0.458. The molecule has 0 aliphatic carbocycles. The van der Waals surface area contributed by atoms with Gasteiger partial charge in [-0.25, -0.2) is 0 Å². The van der Waals surface area contributed by atoms with Crippen LogP contribution in [0.5, 0.6) is 0 Å². The predicted octanol–water partition coefficient (Wildman–Crippen LogP) is 5.66. The third kappa shape index (κ3) is 7.64. The van der Waals surface area contributed by atoms with Crippen molar-refractivity contribution in [2.24, 2.45) is 0 Å². The second-order valence-electron chi connectivity index (χ2n) is 8.20. The first-order valence-corrected chi connectivity index (χ1v) is 13.0. The van der Waals surface area contributed by atoms with Crippen molar-refractivity contribution in [1.82, 2.24) is 10.2 Å². The molecule has 2 amide bonds. The fraction of sp³-hybridized carbons (Fsp3) is 0.286. The Kier molecular flexibility index (Phi) is 10.0. The zero-order valence-electron chi connectivity index (χ0n) is 19.7. The smallest absolute Gasteiger partial charge is 0.243 e. The predicted molar refractivity (Wildman–Crippen MR) is 142 cm³/mol. The normalized spacial score (nSPS) is 11.6. The number of rotatable bonds is 11. The highest BCUT2D eigenvalue weighted by Crippen LogP contribution is 2.22. The third-order valence-electron chi connectivity index (χ3n) is 5.50. The highest BCUT2D eigenvalue weighted by molar-refractivity contribution is 7.99. The van der Waals surface area contributed by atoms with Crippen LogP contribution in [0.15, 0.2) is 78.9 Å². The molecule has 1 atom stereocenters. The molecular weight excluding hydrogens is 464 g/mol. The Labute approximate surface area is 211 Å². The Morgan fingerprint density at radius 2 is 1.68 bits per heavy atom. The van der Waals surface area contributed by atoms with Gasteiger partial charge in [-0.3, -0.25) is 9.59 Å². The minimum absolute atomic E-state index is 0.0641. The summed E-state index contributed by atoms with van der Waals surface area (Å²) in [6.45, 7) is 4.81. The second-order valence-corrected chi connectivity index (χ2v) is 9.59. The lowest BCUT2D eigenvalue weighted by atomic mass is 10.0. The molecule has 34 heavy (non-hydrogen) atoms. The van der Waals surface area contributed by atoms with Crippen LogP contribution in [0.3, 0.4) is 0 Å². The summed E-state index contributed by atoms with van der Waals surface area (Å²) < 4.78 is 0. The monoisotopic (exact) mass is 494 g/mol. The summed E-state index contributed by atoms with van der Waals surface area (Å²) >= 11 is 7.79. The minimum atomic E-state index is -0.601. The molecule has 0 heterocycles. The number of hydrogen-bond donors (Lipinski definition) is 1. The molecule has 0 bridgehead atoms. The van der Waals surface area contributed by atoms with E-state index < -0.39 is 6.04 Å². The van der Waals surface area contributed by atoms with Gasteiger partial charge in [0.05, 0.1) is 5.75 Å². The Bertz CT molecular complexity index is 1090. The van der Waals surface area contributed by atoms with Crippen molar-refractivity contribution in [3.8, 4) is 0 Å². The Morgan fingerprint density at radius 1 is 0.971 bits per heavy atom. The van der Waals surface area contributed by atoms with E-state index in [0.717, 1.165) is 22.3 Å². The number of halogens is 1. The van der Waals surface area contributed by atoms with E-state index in [0.29, 0.717) is 30.3 Å². The number of benzene rings is 3. The summed E-state index contributed by atoms with van der Waals surface area (Å²) in [4.78, 5) is 28.4. The van der Waals surface area contributed by atoms with Crippen LogP contribution < -0.4 is 5.32 Å². The first kappa shape index (κ1) is 25.9. The molecule has 3 aromatic carbocycles. The minimum Gasteiger partial charge on any atom is -0.355 e. The zero-order valence-corrected chi connectivity index (χ0v) is 21.2. The van der Waals surface area contributed by atoms with E-state index >= 15 is 0 Å². The van der Waals surface area contributed by atoms with Crippen molar-refractivity contribution < 1.29 is 9.59 Å². The topological polar surface area (TPSA) is 49.4 Å². The first-order chi connectivity index (χ1) is 16.5. The molecule has 0 aromatic heterocycles. The van der Waals surface area contributed by atoms with Gasteiger partial charge >= 0.3 is 0 Å². The van der Waals surface area contributed by atoms with E-state index in [4.69, 9.17) is 11.6 Å². The van der Waals surface area contributed by atoms with Crippen molar-refractivity contribution in [3.63, 3.8) is 0 Å². The highest BCUT2D eigenvalue weighted by atomic mass is 35.5. The van der Waals surface area contributed by atoms with Gasteiger partial charge in [0.25, 0.3) is 0 Å². The van der Waals surface area contributed by atoms with Crippen LogP contribution in [0, 0.1) is 6.92 Å². The summed E-state index contributed by atoms with van der Waals surface area (Å²) in [6, 6.07) is 25.0. The molecule has 1 N–H and O–H groups in total. The van der Waals surface area contributed by atoms with Gasteiger partial charge < -0.3 is 10.2 Å². The molecule has 4 nitrogen and oxygen atoms in total. The van der Waals surface area contributed by atoms with Crippen LogP contribution in [0.2, 0.25) is 5.02 Å². The Balaban J connectivity index is 1.83. The van der Waals surface area contributed by atoms with Crippen LogP contribution >= 0.6 is 23.4 Å². The third-order valence-corrected chi connectivity index (χ3v) is 6.83. The largest absolute Gasteiger partial charge is 0.355 e. The molecule has 3 rings (SSSR count). The molecule has 3 aromatic rings. The van der Waals surface area contributed by atoms with Gasteiger partial charge in [0.1, 0.15) is 6.04 Å². The summed E-state index contributed by atoms with van der Waals surface area (Å²) in [7, 11) is 0. The van der Waals surface area contributed by atoms with Crippen LogP contribution in [0.1, 0.15) is 29.2 Å². The van der Waals surface area contributed by atoms with E-state index in [9.17, 15) is 9.59 Å². The van der Waals surface area contributed by atoms with Crippen LogP contribution in [-0.4, -0.2) is 35.1 Å². The van der Waals surface area contributed by atoms with Gasteiger partial charge in [-0.1, -0.05) is 90.0 Å². The molecule has 0 fully saturated rings. The Morgan fingerprint density at radius 3 is 2.38 bits per heavy atom. The van der Waals surface area contributed by atoms with Crippen LogP contribution in [-0.2, 0) is 28.3 Å². The van der Waals surface area contributed by atoms with Gasteiger partial charge in [-0.2, -0.15) is 0 Å². The maximum Gasteiger partial charge on any atom is 0.243 e. The summed E-state index contributed by atoms with van der Waals surface area (Å²) in [5, 5.41) is 3.63. The van der Waals surface area contributed by atoms with E-state index in [1.165, 1.54) is 11.8 Å². The van der Waals surface area contributed by atoms with E-state index in [1.54, 1.807) is 4.90 Å². The molecule has 0 unspecified atom stereocenters. The molecular formula is C28H31ClN2O2S. The summed E-state index contributed by atoms with van der Waals surface area (Å²) in [5.41, 5.74) is 4.14. The Hall–Kier alpha value is -2.76. The fourth-order valence-corrected chi connectivity index (χ4v) is 5.00. The average molecular weight is 495 g/mol. The van der Waals surface area contributed by atoms with Crippen molar-refractivity contribution in [2.75, 3.05) is 12.3 Å². The van der Waals surface area contributed by atoms with E-state index in [-0.39, 0.29) is 17.6 Å². The number of carbonyl (C=O) groups is 2. The lowest BCUT2D eigenvalue weighted by molar-refractivity contribution is -0.139. The van der Waals surface area contributed by atoms with Crippen molar-refractivity contribution >= 4 is 35.2 Å². The lowest BCUT2D eigenvalue weighted by Gasteiger charge is -2.31. The molecule has 0 spiro atoms. The fourth-order valence-electron chi connectivity index (χ4n) is 3.80. The van der Waals surface area contributed by atoms with Crippen LogP contribution in [0.4, 0.5) is 0 Å². The number of carbonyl (C=O) groups excluding carboxylic acids is 2. The maximum atomic E-state index is 13.5. The SMILES string of the molecule is CCNC(=O)[C@@H](Cc1ccccc1)N(Cc1cccc(C)c1)C(=O)CSCc1ccccc1Cl. The van der Waals surface area contributed by atoms with Crippen molar-refractivity contribution in [3.05, 3.63) is 106 Å². The molecule has 0 aliphatic rings. The van der Waals surface area contributed by atoms with E-state index in [1.807, 2.05) is 86.6 Å². The molecule has 0 saturated heterocycles. The van der Waals surface area contributed by atoms with Crippen molar-refractivity contribution in [1.29, 1.82) is 0 Å². The highest BCUT2D eigenvalue weighted by Gasteiger charge is 2.30. The molecule has 0 saturated carbocycles. The van der Waals surface area contributed by atoms with Gasteiger partial charge in [-0.15, -0.1) is 11.8 Å².